The summed E-state index contributed by atoms with van der Waals surface area (Å²) in [5.41, 5.74) is 0.242. The van der Waals surface area contributed by atoms with Gasteiger partial charge in [0, 0.05) is 25.8 Å². The topological polar surface area (TPSA) is 75.7 Å². The highest BCUT2D eigenvalue weighted by Gasteiger charge is 2.34. The lowest BCUT2D eigenvalue weighted by atomic mass is 10.2. The van der Waals surface area contributed by atoms with Gasteiger partial charge < -0.3 is 10.1 Å². The Morgan fingerprint density at radius 2 is 2.13 bits per heavy atom. The molecule has 1 saturated heterocycles. The summed E-state index contributed by atoms with van der Waals surface area (Å²) in [5, 5.41) is 2.08. The fourth-order valence-electron chi connectivity index (χ4n) is 1.92. The van der Waals surface area contributed by atoms with Crippen molar-refractivity contribution in [1.82, 2.24) is 10.2 Å². The Balaban J connectivity index is 2.00. The number of halogens is 1. The van der Waals surface area contributed by atoms with Crippen molar-refractivity contribution in [2.75, 3.05) is 26.8 Å². The number of amides is 3. The van der Waals surface area contributed by atoms with Gasteiger partial charge in [-0.1, -0.05) is 18.2 Å². The zero-order chi connectivity index (χ0) is 16.8. The van der Waals surface area contributed by atoms with E-state index in [1.54, 1.807) is 12.1 Å². The average Bonchev–Trinajstić information content (AvgIpc) is 2.77. The van der Waals surface area contributed by atoms with Crippen molar-refractivity contribution in [3.63, 3.8) is 0 Å². The first-order valence-corrected chi connectivity index (χ1v) is 7.60. The molecule has 0 unspecified atom stereocenters. The van der Waals surface area contributed by atoms with E-state index in [1.807, 2.05) is 0 Å². The molecule has 1 aromatic rings. The van der Waals surface area contributed by atoms with Crippen molar-refractivity contribution in [3.8, 4) is 0 Å². The van der Waals surface area contributed by atoms with Crippen LogP contribution in [-0.4, -0.2) is 48.8 Å². The van der Waals surface area contributed by atoms with Crippen molar-refractivity contribution in [2.24, 2.45) is 0 Å². The molecule has 23 heavy (non-hydrogen) atoms. The van der Waals surface area contributed by atoms with Gasteiger partial charge >= 0.3 is 0 Å². The van der Waals surface area contributed by atoms with Gasteiger partial charge in [0.25, 0.3) is 11.1 Å². The Labute approximate surface area is 136 Å². The number of thioether (sulfide) groups is 1. The molecule has 1 heterocycles. The quantitative estimate of drug-likeness (QED) is 0.798. The molecule has 2 rings (SSSR count). The van der Waals surface area contributed by atoms with Gasteiger partial charge in [-0.25, -0.2) is 4.39 Å². The van der Waals surface area contributed by atoms with Crippen LogP contribution in [0.15, 0.2) is 29.2 Å². The van der Waals surface area contributed by atoms with Crippen LogP contribution in [-0.2, 0) is 14.3 Å². The molecule has 0 aliphatic carbocycles. The fraction of sp³-hybridized carbons (Fsp3) is 0.267. The van der Waals surface area contributed by atoms with E-state index in [0.717, 1.165) is 16.7 Å². The zero-order valence-electron chi connectivity index (χ0n) is 12.4. The molecule has 8 heteroatoms. The molecule has 1 fully saturated rings. The molecule has 1 N–H and O–H groups in total. The molecule has 1 aliphatic heterocycles. The van der Waals surface area contributed by atoms with Gasteiger partial charge in [-0.15, -0.1) is 0 Å². The van der Waals surface area contributed by atoms with Crippen LogP contribution in [0.1, 0.15) is 5.56 Å². The monoisotopic (exact) mass is 338 g/mol. The summed E-state index contributed by atoms with van der Waals surface area (Å²) >= 11 is 0.749. The number of benzene rings is 1. The maximum atomic E-state index is 13.6. The Morgan fingerprint density at radius 3 is 2.83 bits per heavy atom. The molecule has 0 aromatic heterocycles. The number of carbonyl (C=O) groups excluding carboxylic acids is 3. The molecular weight excluding hydrogens is 323 g/mol. The number of hydrogen-bond donors (Lipinski definition) is 1. The van der Waals surface area contributed by atoms with E-state index >= 15 is 0 Å². The highest BCUT2D eigenvalue weighted by atomic mass is 32.2. The number of rotatable bonds is 6. The Hall–Kier alpha value is -2.19. The largest absolute Gasteiger partial charge is 0.375 e. The summed E-state index contributed by atoms with van der Waals surface area (Å²) in [5.74, 6) is -1.29. The summed E-state index contributed by atoms with van der Waals surface area (Å²) in [6.45, 7) is 0.0943. The number of nitrogens with one attached hydrogen (secondary N) is 1. The number of imide groups is 1. The van der Waals surface area contributed by atoms with Crippen molar-refractivity contribution in [3.05, 3.63) is 40.6 Å². The molecular formula is C15H15FN2O4S. The molecule has 0 saturated carbocycles. The third-order valence-corrected chi connectivity index (χ3v) is 3.91. The fourth-order valence-corrected chi connectivity index (χ4v) is 2.77. The molecule has 0 spiro atoms. The van der Waals surface area contributed by atoms with Crippen LogP contribution in [0.2, 0.25) is 0 Å². The maximum absolute atomic E-state index is 13.6. The first-order chi connectivity index (χ1) is 11.0. The lowest BCUT2D eigenvalue weighted by Crippen LogP contribution is -2.38. The van der Waals surface area contributed by atoms with Crippen LogP contribution in [0.3, 0.4) is 0 Å². The van der Waals surface area contributed by atoms with Gasteiger partial charge in [-0.3, -0.25) is 19.3 Å². The third-order valence-electron chi connectivity index (χ3n) is 3.00. The van der Waals surface area contributed by atoms with Crippen LogP contribution in [0.25, 0.3) is 6.08 Å². The second kappa shape index (κ2) is 7.89. The normalized spacial score (nSPS) is 16.3. The van der Waals surface area contributed by atoms with Crippen LogP contribution in [0.5, 0.6) is 0 Å². The van der Waals surface area contributed by atoms with E-state index in [0.29, 0.717) is 0 Å². The first kappa shape index (κ1) is 17.2. The average molecular weight is 338 g/mol. The van der Waals surface area contributed by atoms with Crippen molar-refractivity contribution < 1.29 is 23.5 Å². The molecule has 0 radical (unpaired) electrons. The third kappa shape index (κ3) is 4.40. The van der Waals surface area contributed by atoms with Gasteiger partial charge in [0.05, 0.1) is 4.91 Å². The van der Waals surface area contributed by atoms with Gasteiger partial charge in [-0.2, -0.15) is 0 Å². The predicted molar refractivity (Wildman–Crippen MR) is 84.0 cm³/mol. The van der Waals surface area contributed by atoms with Crippen molar-refractivity contribution in [1.29, 1.82) is 0 Å². The molecule has 0 atom stereocenters. The summed E-state index contributed by atoms with van der Waals surface area (Å²) in [4.78, 5) is 36.5. The SMILES string of the molecule is COCC(=O)NCCN1C(=O)S/C(=C\c2ccccc2F)C1=O. The van der Waals surface area contributed by atoms with Gasteiger partial charge in [0.2, 0.25) is 5.91 Å². The highest BCUT2D eigenvalue weighted by Crippen LogP contribution is 2.32. The number of carbonyl (C=O) groups is 3. The van der Waals surface area contributed by atoms with Crippen LogP contribution < -0.4 is 5.32 Å². The highest BCUT2D eigenvalue weighted by molar-refractivity contribution is 8.18. The van der Waals surface area contributed by atoms with E-state index in [1.165, 1.54) is 25.3 Å². The predicted octanol–water partition coefficient (Wildman–Crippen LogP) is 1.62. The molecule has 122 valence electrons. The number of methoxy groups -OCH3 is 1. The summed E-state index contributed by atoms with van der Waals surface area (Å²) in [6.07, 6.45) is 1.35. The van der Waals surface area contributed by atoms with Gasteiger partial charge in [0.1, 0.15) is 12.4 Å². The minimum absolute atomic E-state index is 0.0503. The van der Waals surface area contributed by atoms with E-state index in [9.17, 15) is 18.8 Å². The minimum atomic E-state index is -0.496. The maximum Gasteiger partial charge on any atom is 0.293 e. The van der Waals surface area contributed by atoms with E-state index in [4.69, 9.17) is 0 Å². The second-order valence-electron chi connectivity index (χ2n) is 4.64. The molecule has 1 aromatic carbocycles. The number of hydrogen-bond acceptors (Lipinski definition) is 5. The standard InChI is InChI=1S/C15H15FN2O4S/c1-22-9-13(19)17-6-7-18-14(20)12(23-15(18)21)8-10-4-2-3-5-11(10)16/h2-5,8H,6-7,9H2,1H3,(H,17,19)/b12-8-. The van der Waals surface area contributed by atoms with Crippen LogP contribution in [0, 0.1) is 5.82 Å². The van der Waals surface area contributed by atoms with E-state index in [-0.39, 0.29) is 36.1 Å². The lowest BCUT2D eigenvalue weighted by Gasteiger charge is -2.12. The van der Waals surface area contributed by atoms with Crippen molar-refractivity contribution in [2.45, 2.75) is 0 Å². The zero-order valence-corrected chi connectivity index (χ0v) is 13.2. The summed E-state index contributed by atoms with van der Waals surface area (Å²) in [7, 11) is 1.39. The second-order valence-corrected chi connectivity index (χ2v) is 5.63. The Bertz CT molecular complexity index is 663. The van der Waals surface area contributed by atoms with Crippen LogP contribution in [0.4, 0.5) is 9.18 Å². The Kier molecular flexibility index (Phi) is 5.89. The molecule has 3 amide bonds. The number of nitrogens with zero attached hydrogens (tertiary/aromatic N) is 1. The summed E-state index contributed by atoms with van der Waals surface area (Å²) in [6, 6.07) is 5.99. The van der Waals surface area contributed by atoms with E-state index in [2.05, 4.69) is 10.1 Å². The van der Waals surface area contributed by atoms with Crippen molar-refractivity contribution >= 4 is 34.9 Å². The molecule has 0 bridgehead atoms. The lowest BCUT2D eigenvalue weighted by molar-refractivity contribution is -0.126. The van der Waals surface area contributed by atoms with Gasteiger partial charge in [0.15, 0.2) is 0 Å². The Morgan fingerprint density at radius 1 is 1.39 bits per heavy atom. The number of ether oxygens (including phenoxy) is 1. The summed E-state index contributed by atoms with van der Waals surface area (Å²) < 4.78 is 18.3. The molecule has 6 nitrogen and oxygen atoms in total. The van der Waals surface area contributed by atoms with Gasteiger partial charge in [-0.05, 0) is 23.9 Å². The smallest absolute Gasteiger partial charge is 0.293 e. The van der Waals surface area contributed by atoms with E-state index < -0.39 is 17.0 Å². The molecule has 1 aliphatic rings. The minimum Gasteiger partial charge on any atom is -0.375 e. The van der Waals surface area contributed by atoms with Crippen LogP contribution >= 0.6 is 11.8 Å². The first-order valence-electron chi connectivity index (χ1n) is 6.78.